The Labute approximate surface area is 112 Å². The Bertz CT molecular complexity index is 402. The van der Waals surface area contributed by atoms with Gasteiger partial charge in [0.05, 0.1) is 13.2 Å². The summed E-state index contributed by atoms with van der Waals surface area (Å²) in [5.74, 6) is 0.179. The van der Waals surface area contributed by atoms with Crippen molar-refractivity contribution in [2.45, 2.75) is 31.8 Å². The van der Waals surface area contributed by atoms with Gasteiger partial charge >= 0.3 is 5.97 Å². The van der Waals surface area contributed by atoms with Gasteiger partial charge in [0.15, 0.2) is 5.69 Å². The summed E-state index contributed by atoms with van der Waals surface area (Å²) < 4.78 is 10.2. The molecule has 2 heterocycles. The van der Waals surface area contributed by atoms with E-state index in [1.165, 1.54) is 20.0 Å². The van der Waals surface area contributed by atoms with Crippen LogP contribution in [0.25, 0.3) is 0 Å². The molecule has 1 aliphatic heterocycles. The smallest absolute Gasteiger partial charge is 0.358 e. The van der Waals surface area contributed by atoms with Crippen molar-refractivity contribution in [3.63, 3.8) is 0 Å². The lowest BCUT2D eigenvalue weighted by molar-refractivity contribution is 0.0134. The fourth-order valence-electron chi connectivity index (χ4n) is 2.04. The number of hydrogen-bond donors (Lipinski definition) is 1. The van der Waals surface area contributed by atoms with E-state index in [0.717, 1.165) is 26.0 Å². The number of anilines is 1. The van der Waals surface area contributed by atoms with Crippen molar-refractivity contribution < 1.29 is 14.3 Å². The van der Waals surface area contributed by atoms with E-state index in [9.17, 15) is 4.79 Å². The molecule has 1 atom stereocenters. The lowest BCUT2D eigenvalue weighted by Crippen LogP contribution is -2.22. The average Bonchev–Trinajstić information content (AvgIpc) is 2.48. The second kappa shape index (κ2) is 7.04. The Morgan fingerprint density at radius 1 is 1.47 bits per heavy atom. The first-order valence-corrected chi connectivity index (χ1v) is 6.57. The minimum absolute atomic E-state index is 0.212. The molecule has 6 heteroatoms. The van der Waals surface area contributed by atoms with Gasteiger partial charge in [0.25, 0.3) is 0 Å². The quantitative estimate of drug-likeness (QED) is 0.816. The number of hydrogen-bond acceptors (Lipinski definition) is 6. The van der Waals surface area contributed by atoms with E-state index in [-0.39, 0.29) is 5.69 Å². The highest BCUT2D eigenvalue weighted by atomic mass is 16.5. The largest absolute Gasteiger partial charge is 0.464 e. The molecule has 0 spiro atoms. The van der Waals surface area contributed by atoms with Crippen LogP contribution in [0.2, 0.25) is 0 Å². The summed E-state index contributed by atoms with van der Waals surface area (Å²) in [7, 11) is 1.32. The van der Waals surface area contributed by atoms with E-state index in [4.69, 9.17) is 4.74 Å². The molecule has 19 heavy (non-hydrogen) atoms. The van der Waals surface area contributed by atoms with Crippen LogP contribution in [-0.4, -0.2) is 42.5 Å². The van der Waals surface area contributed by atoms with Crippen LogP contribution in [0.3, 0.4) is 0 Å². The first kappa shape index (κ1) is 13.7. The second-order valence-electron chi connectivity index (χ2n) is 4.50. The highest BCUT2D eigenvalue weighted by Crippen LogP contribution is 2.15. The fourth-order valence-corrected chi connectivity index (χ4v) is 2.04. The molecule has 1 aromatic heterocycles. The third-order valence-electron chi connectivity index (χ3n) is 3.11. The maximum Gasteiger partial charge on any atom is 0.358 e. The van der Waals surface area contributed by atoms with Crippen LogP contribution in [0.4, 0.5) is 5.82 Å². The van der Waals surface area contributed by atoms with Crippen molar-refractivity contribution in [2.75, 3.05) is 25.6 Å². The monoisotopic (exact) mass is 265 g/mol. The molecule has 2 rings (SSSR count). The van der Waals surface area contributed by atoms with Crippen molar-refractivity contribution in [1.82, 2.24) is 10.2 Å². The van der Waals surface area contributed by atoms with Crippen LogP contribution >= 0.6 is 0 Å². The zero-order chi connectivity index (χ0) is 13.5. The lowest BCUT2D eigenvalue weighted by atomic mass is 10.1. The van der Waals surface area contributed by atoms with Gasteiger partial charge in [-0.3, -0.25) is 0 Å². The maximum atomic E-state index is 11.2. The first-order chi connectivity index (χ1) is 9.29. The summed E-state index contributed by atoms with van der Waals surface area (Å²) in [4.78, 5) is 11.2. The molecule has 1 fully saturated rings. The number of carbonyl (C=O) groups is 1. The summed E-state index contributed by atoms with van der Waals surface area (Å²) in [6.45, 7) is 1.66. The van der Waals surface area contributed by atoms with Gasteiger partial charge in [-0.05, 0) is 37.8 Å². The maximum absolute atomic E-state index is 11.2. The summed E-state index contributed by atoms with van der Waals surface area (Å²) in [6.07, 6.45) is 4.86. The van der Waals surface area contributed by atoms with Crippen LogP contribution < -0.4 is 5.32 Å². The van der Waals surface area contributed by atoms with E-state index in [0.29, 0.717) is 11.9 Å². The molecule has 0 bridgehead atoms. The molecule has 0 radical (unpaired) electrons. The normalized spacial score (nSPS) is 18.9. The number of nitrogens with zero attached hydrogens (tertiary/aromatic N) is 2. The molecular weight excluding hydrogens is 246 g/mol. The Hall–Kier alpha value is -1.69. The van der Waals surface area contributed by atoms with Crippen LogP contribution in [0.15, 0.2) is 12.1 Å². The molecule has 1 saturated heterocycles. The van der Waals surface area contributed by atoms with Gasteiger partial charge in [-0.15, -0.1) is 10.2 Å². The summed E-state index contributed by atoms with van der Waals surface area (Å²) in [5, 5.41) is 10.9. The van der Waals surface area contributed by atoms with Crippen LogP contribution in [0.5, 0.6) is 0 Å². The van der Waals surface area contributed by atoms with Gasteiger partial charge in [0.1, 0.15) is 5.82 Å². The van der Waals surface area contributed by atoms with Gasteiger partial charge in [-0.1, -0.05) is 0 Å². The average molecular weight is 265 g/mol. The molecule has 1 aliphatic rings. The molecule has 0 aromatic carbocycles. The highest BCUT2D eigenvalue weighted by molar-refractivity contribution is 5.86. The zero-order valence-corrected chi connectivity index (χ0v) is 11.1. The molecule has 6 nitrogen and oxygen atoms in total. The minimum atomic E-state index is -0.477. The number of ether oxygens (including phenoxy) is 2. The Morgan fingerprint density at radius 2 is 2.37 bits per heavy atom. The number of carbonyl (C=O) groups excluding carboxylic acids is 1. The topological polar surface area (TPSA) is 73.3 Å². The van der Waals surface area contributed by atoms with E-state index in [2.05, 4.69) is 20.3 Å². The summed E-state index contributed by atoms with van der Waals surface area (Å²) in [5.41, 5.74) is 0.212. The third kappa shape index (κ3) is 4.17. The molecule has 0 amide bonds. The van der Waals surface area contributed by atoms with Gasteiger partial charge < -0.3 is 14.8 Å². The van der Waals surface area contributed by atoms with Gasteiger partial charge in [-0.2, -0.15) is 0 Å². The van der Waals surface area contributed by atoms with Crippen LogP contribution in [-0.2, 0) is 9.47 Å². The second-order valence-corrected chi connectivity index (χ2v) is 4.50. The highest BCUT2D eigenvalue weighted by Gasteiger charge is 2.13. The molecule has 1 aromatic rings. The number of esters is 1. The van der Waals surface area contributed by atoms with Crippen LogP contribution in [0.1, 0.15) is 36.2 Å². The van der Waals surface area contributed by atoms with E-state index < -0.39 is 5.97 Å². The lowest BCUT2D eigenvalue weighted by Gasteiger charge is -2.22. The van der Waals surface area contributed by atoms with Crippen molar-refractivity contribution >= 4 is 11.8 Å². The van der Waals surface area contributed by atoms with Crippen molar-refractivity contribution in [3.05, 3.63) is 17.8 Å². The van der Waals surface area contributed by atoms with E-state index in [1.54, 1.807) is 12.1 Å². The minimum Gasteiger partial charge on any atom is -0.464 e. The van der Waals surface area contributed by atoms with Crippen molar-refractivity contribution in [2.24, 2.45) is 0 Å². The molecule has 1 N–H and O–H groups in total. The third-order valence-corrected chi connectivity index (χ3v) is 3.11. The number of methoxy groups -OCH3 is 1. The van der Waals surface area contributed by atoms with Crippen molar-refractivity contribution in [1.29, 1.82) is 0 Å². The number of aromatic nitrogens is 2. The number of rotatable bonds is 5. The van der Waals surface area contributed by atoms with Crippen LogP contribution in [0, 0.1) is 0 Å². The predicted molar refractivity (Wildman–Crippen MR) is 70.1 cm³/mol. The molecular formula is C13H19N3O3. The van der Waals surface area contributed by atoms with E-state index in [1.807, 2.05) is 0 Å². The Kier molecular flexibility index (Phi) is 5.09. The van der Waals surface area contributed by atoms with Gasteiger partial charge in [0, 0.05) is 13.2 Å². The Balaban J connectivity index is 1.75. The number of nitrogens with one attached hydrogen (secondary N) is 1. The van der Waals surface area contributed by atoms with Gasteiger partial charge in [-0.25, -0.2) is 4.79 Å². The van der Waals surface area contributed by atoms with E-state index >= 15 is 0 Å². The zero-order valence-electron chi connectivity index (χ0n) is 11.1. The first-order valence-electron chi connectivity index (χ1n) is 6.57. The van der Waals surface area contributed by atoms with Crippen molar-refractivity contribution in [3.8, 4) is 0 Å². The summed E-state index contributed by atoms with van der Waals surface area (Å²) in [6, 6.07) is 3.32. The SMILES string of the molecule is COC(=O)c1ccc(NCCC2CCCCO2)nn1. The molecule has 104 valence electrons. The van der Waals surface area contributed by atoms with Gasteiger partial charge in [0.2, 0.25) is 0 Å². The molecule has 1 unspecified atom stereocenters. The molecule has 0 aliphatic carbocycles. The predicted octanol–water partition coefficient (Wildman–Crippen LogP) is 1.63. The molecule has 0 saturated carbocycles. The summed E-state index contributed by atoms with van der Waals surface area (Å²) >= 11 is 0. The fraction of sp³-hybridized carbons (Fsp3) is 0.615. The Morgan fingerprint density at radius 3 is 3.00 bits per heavy atom. The standard InChI is InChI=1S/C13H19N3O3/c1-18-13(17)11-5-6-12(16-15-11)14-8-7-10-4-2-3-9-19-10/h5-6,10H,2-4,7-9H2,1H3,(H,14,16).